The lowest BCUT2D eigenvalue weighted by molar-refractivity contribution is -0.115. The van der Waals surface area contributed by atoms with Gasteiger partial charge in [0.25, 0.3) is 0 Å². The number of carbonyl (C=O) groups is 1. The van der Waals surface area contributed by atoms with E-state index in [1.807, 2.05) is 26.0 Å². The van der Waals surface area contributed by atoms with Gasteiger partial charge in [-0.05, 0) is 49.9 Å². The second-order valence-corrected chi connectivity index (χ2v) is 5.19. The Hall–Kier alpha value is -1.39. The van der Waals surface area contributed by atoms with E-state index in [2.05, 4.69) is 16.7 Å². The average Bonchev–Trinajstić information content (AvgIpc) is 2.80. The Morgan fingerprint density at radius 2 is 2.05 bits per heavy atom. The largest absolute Gasteiger partial charge is 0.377 e. The Kier molecular flexibility index (Phi) is 4.93. The Morgan fingerprint density at radius 3 is 2.68 bits per heavy atom. The van der Waals surface area contributed by atoms with E-state index in [0.29, 0.717) is 6.54 Å². The normalized spacial score (nSPS) is 18.5. The van der Waals surface area contributed by atoms with Crippen molar-refractivity contribution in [3.63, 3.8) is 0 Å². The molecule has 1 atom stereocenters. The van der Waals surface area contributed by atoms with Gasteiger partial charge >= 0.3 is 0 Å². The van der Waals surface area contributed by atoms with Gasteiger partial charge in [0.1, 0.15) is 0 Å². The van der Waals surface area contributed by atoms with Gasteiger partial charge < -0.3 is 15.4 Å². The van der Waals surface area contributed by atoms with Gasteiger partial charge in [-0.1, -0.05) is 6.07 Å². The summed E-state index contributed by atoms with van der Waals surface area (Å²) in [6, 6.07) is 6.04. The molecule has 1 unspecified atom stereocenters. The number of anilines is 1. The number of nitrogens with one attached hydrogen (secondary N) is 2. The highest BCUT2D eigenvalue weighted by molar-refractivity contribution is 5.92. The first-order valence-corrected chi connectivity index (χ1v) is 6.84. The van der Waals surface area contributed by atoms with Crippen LogP contribution in [0.5, 0.6) is 0 Å². The highest BCUT2D eigenvalue weighted by atomic mass is 16.5. The van der Waals surface area contributed by atoms with Gasteiger partial charge in [0, 0.05) is 18.8 Å². The summed E-state index contributed by atoms with van der Waals surface area (Å²) in [6.45, 7) is 5.98. The molecule has 1 aromatic carbocycles. The lowest BCUT2D eigenvalue weighted by Crippen LogP contribution is -2.33. The Bertz CT molecular complexity index is 420. The van der Waals surface area contributed by atoms with Crippen molar-refractivity contribution >= 4 is 11.6 Å². The summed E-state index contributed by atoms with van der Waals surface area (Å²) in [4.78, 5) is 11.8. The number of carbonyl (C=O) groups excluding carboxylic acids is 1. The third kappa shape index (κ3) is 4.65. The fraction of sp³-hybridized carbons (Fsp3) is 0.533. The highest BCUT2D eigenvalue weighted by Crippen LogP contribution is 2.13. The van der Waals surface area contributed by atoms with E-state index < -0.39 is 0 Å². The molecule has 1 aromatic rings. The third-order valence-electron chi connectivity index (χ3n) is 3.19. The molecule has 0 radical (unpaired) electrons. The van der Waals surface area contributed by atoms with Gasteiger partial charge in [-0.25, -0.2) is 0 Å². The van der Waals surface area contributed by atoms with E-state index in [0.717, 1.165) is 42.8 Å². The standard InChI is InChI=1S/C15H22N2O2/c1-11-6-12(2)8-13(7-11)17-15(18)10-16-9-14-4-3-5-19-14/h6-8,14,16H,3-5,9-10H2,1-2H3,(H,17,18). The zero-order valence-electron chi connectivity index (χ0n) is 11.7. The maximum atomic E-state index is 11.8. The summed E-state index contributed by atoms with van der Waals surface area (Å²) in [7, 11) is 0. The molecule has 0 aromatic heterocycles. The van der Waals surface area contributed by atoms with E-state index in [9.17, 15) is 4.79 Å². The van der Waals surface area contributed by atoms with Gasteiger partial charge in [0.15, 0.2) is 0 Å². The molecule has 0 bridgehead atoms. The summed E-state index contributed by atoms with van der Waals surface area (Å²) in [5.74, 6) is -0.0111. The van der Waals surface area contributed by atoms with Crippen LogP contribution in [-0.2, 0) is 9.53 Å². The van der Waals surface area contributed by atoms with Crippen LogP contribution in [0.4, 0.5) is 5.69 Å². The summed E-state index contributed by atoms with van der Waals surface area (Å²) >= 11 is 0. The second kappa shape index (κ2) is 6.68. The van der Waals surface area contributed by atoms with Crippen molar-refractivity contribution < 1.29 is 9.53 Å². The molecule has 1 saturated heterocycles. The summed E-state index contributed by atoms with van der Waals surface area (Å²) in [5.41, 5.74) is 3.17. The van der Waals surface area contributed by atoms with Gasteiger partial charge in [-0.3, -0.25) is 4.79 Å². The molecule has 19 heavy (non-hydrogen) atoms. The molecule has 1 fully saturated rings. The number of rotatable bonds is 5. The lowest BCUT2D eigenvalue weighted by Gasteiger charge is -2.11. The molecule has 2 N–H and O–H groups in total. The maximum absolute atomic E-state index is 11.8. The monoisotopic (exact) mass is 262 g/mol. The Balaban J connectivity index is 1.74. The second-order valence-electron chi connectivity index (χ2n) is 5.19. The maximum Gasteiger partial charge on any atom is 0.238 e. The minimum absolute atomic E-state index is 0.0111. The van der Waals surface area contributed by atoms with Gasteiger partial charge in [-0.2, -0.15) is 0 Å². The predicted molar refractivity (Wildman–Crippen MR) is 76.4 cm³/mol. The fourth-order valence-electron chi connectivity index (χ4n) is 2.40. The van der Waals surface area contributed by atoms with E-state index in [-0.39, 0.29) is 12.0 Å². The van der Waals surface area contributed by atoms with Crippen molar-refractivity contribution in [2.24, 2.45) is 0 Å². The molecule has 0 aliphatic carbocycles. The SMILES string of the molecule is Cc1cc(C)cc(NC(=O)CNCC2CCCO2)c1. The van der Waals surface area contributed by atoms with Crippen molar-refractivity contribution in [1.82, 2.24) is 5.32 Å². The molecule has 1 aliphatic heterocycles. The van der Waals surface area contributed by atoms with Gasteiger partial charge in [0.2, 0.25) is 5.91 Å². The topological polar surface area (TPSA) is 50.4 Å². The van der Waals surface area contributed by atoms with Crippen molar-refractivity contribution in [2.75, 3.05) is 25.0 Å². The van der Waals surface area contributed by atoms with E-state index in [1.165, 1.54) is 0 Å². The zero-order valence-corrected chi connectivity index (χ0v) is 11.7. The Morgan fingerprint density at radius 1 is 1.32 bits per heavy atom. The predicted octanol–water partition coefficient (Wildman–Crippen LogP) is 2.01. The highest BCUT2D eigenvalue weighted by Gasteiger charge is 2.15. The number of amides is 1. The minimum atomic E-state index is -0.0111. The number of benzene rings is 1. The lowest BCUT2D eigenvalue weighted by atomic mass is 10.1. The summed E-state index contributed by atoms with van der Waals surface area (Å²) in [6.07, 6.45) is 2.49. The average molecular weight is 262 g/mol. The zero-order chi connectivity index (χ0) is 13.7. The first kappa shape index (κ1) is 14.0. The molecule has 2 rings (SSSR count). The molecule has 4 nitrogen and oxygen atoms in total. The van der Waals surface area contributed by atoms with Crippen LogP contribution in [0.15, 0.2) is 18.2 Å². The molecule has 0 spiro atoms. The molecule has 0 saturated carbocycles. The number of aryl methyl sites for hydroxylation is 2. The smallest absolute Gasteiger partial charge is 0.238 e. The minimum Gasteiger partial charge on any atom is -0.377 e. The molecule has 1 heterocycles. The first-order valence-electron chi connectivity index (χ1n) is 6.84. The number of ether oxygens (including phenoxy) is 1. The van der Waals surface area contributed by atoms with Gasteiger partial charge in [-0.15, -0.1) is 0 Å². The van der Waals surface area contributed by atoms with Crippen molar-refractivity contribution in [3.05, 3.63) is 29.3 Å². The van der Waals surface area contributed by atoms with Gasteiger partial charge in [0.05, 0.1) is 12.6 Å². The van der Waals surface area contributed by atoms with E-state index in [1.54, 1.807) is 0 Å². The van der Waals surface area contributed by atoms with Crippen LogP contribution in [0.1, 0.15) is 24.0 Å². The van der Waals surface area contributed by atoms with Crippen LogP contribution >= 0.6 is 0 Å². The number of hydrogen-bond donors (Lipinski definition) is 2. The summed E-state index contributed by atoms with van der Waals surface area (Å²) < 4.78 is 5.49. The molecule has 4 heteroatoms. The Labute approximate surface area is 114 Å². The molecule has 1 aliphatic rings. The first-order chi connectivity index (χ1) is 9.13. The quantitative estimate of drug-likeness (QED) is 0.853. The van der Waals surface area contributed by atoms with E-state index in [4.69, 9.17) is 4.74 Å². The molecular formula is C15H22N2O2. The van der Waals surface area contributed by atoms with Crippen molar-refractivity contribution in [1.29, 1.82) is 0 Å². The van der Waals surface area contributed by atoms with Crippen molar-refractivity contribution in [3.8, 4) is 0 Å². The van der Waals surface area contributed by atoms with Crippen LogP contribution in [0.3, 0.4) is 0 Å². The van der Waals surface area contributed by atoms with Crippen LogP contribution in [-0.4, -0.2) is 31.7 Å². The molecular weight excluding hydrogens is 240 g/mol. The summed E-state index contributed by atoms with van der Waals surface area (Å²) in [5, 5.41) is 6.05. The number of hydrogen-bond acceptors (Lipinski definition) is 3. The van der Waals surface area contributed by atoms with Crippen LogP contribution in [0.2, 0.25) is 0 Å². The van der Waals surface area contributed by atoms with Crippen molar-refractivity contribution in [2.45, 2.75) is 32.8 Å². The van der Waals surface area contributed by atoms with Crippen LogP contribution in [0.25, 0.3) is 0 Å². The third-order valence-corrected chi connectivity index (χ3v) is 3.19. The molecule has 1 amide bonds. The van der Waals surface area contributed by atoms with Crippen LogP contribution in [0, 0.1) is 13.8 Å². The molecule has 104 valence electrons. The van der Waals surface area contributed by atoms with E-state index >= 15 is 0 Å². The fourth-order valence-corrected chi connectivity index (χ4v) is 2.40. The van der Waals surface area contributed by atoms with Crippen LogP contribution < -0.4 is 10.6 Å².